The summed E-state index contributed by atoms with van der Waals surface area (Å²) in [6.07, 6.45) is 20.1. The van der Waals surface area contributed by atoms with Gasteiger partial charge in [0.05, 0.1) is 24.9 Å². The fourth-order valence-electron chi connectivity index (χ4n) is 3.33. The minimum absolute atomic E-state index is 0.406. The zero-order valence-corrected chi connectivity index (χ0v) is 22.6. The van der Waals surface area contributed by atoms with Crippen molar-refractivity contribution in [1.82, 2.24) is 0 Å². The van der Waals surface area contributed by atoms with E-state index in [0.717, 1.165) is 22.3 Å². The lowest BCUT2D eigenvalue weighted by atomic mass is 10.3. The van der Waals surface area contributed by atoms with E-state index in [1.807, 2.05) is 116 Å². The van der Waals surface area contributed by atoms with E-state index in [2.05, 4.69) is 20.6 Å². The summed E-state index contributed by atoms with van der Waals surface area (Å²) in [6, 6.07) is 14.5. The number of oxime groups is 4. The minimum Gasteiger partial charge on any atom is -0.411 e. The molecular formula is C28H32N8O6+4. The molecular weight excluding hydrogens is 544 g/mol. The number of pyridine rings is 4. The number of ether oxygens (including phenoxy) is 2. The minimum atomic E-state index is 0.406. The topological polar surface area (TPSA) is 164 Å². The molecule has 0 aromatic carbocycles. The summed E-state index contributed by atoms with van der Waals surface area (Å²) in [6.45, 7) is 1.62. The maximum atomic E-state index is 8.42. The van der Waals surface area contributed by atoms with Crippen LogP contribution in [0.25, 0.3) is 0 Å². The smallest absolute Gasteiger partial charge is 0.257 e. The largest absolute Gasteiger partial charge is 0.411 e. The fraction of sp³-hybridized carbons (Fsp3) is 0.143. The first-order chi connectivity index (χ1) is 20.6. The lowest BCUT2D eigenvalue weighted by molar-refractivity contribution is -0.788. The predicted octanol–water partition coefficient (Wildman–Crippen LogP) is 1.02. The van der Waals surface area contributed by atoms with Crippen molar-refractivity contribution in [3.63, 3.8) is 0 Å². The molecule has 4 aromatic rings. The fourth-order valence-corrected chi connectivity index (χ4v) is 3.33. The molecule has 0 spiro atoms. The Kier molecular flexibility index (Phi) is 13.2. The average Bonchev–Trinajstić information content (AvgIpc) is 3.02. The summed E-state index contributed by atoms with van der Waals surface area (Å²) in [4.78, 5) is 0. The summed E-state index contributed by atoms with van der Waals surface area (Å²) in [5, 5.41) is 45.5. The van der Waals surface area contributed by atoms with Gasteiger partial charge in [-0.05, 0) is 0 Å². The predicted molar refractivity (Wildman–Crippen MR) is 146 cm³/mol. The number of rotatable bonds is 12. The highest BCUT2D eigenvalue weighted by Crippen LogP contribution is 1.93. The molecule has 0 radical (unpaired) electrons. The molecule has 0 amide bonds. The zero-order chi connectivity index (χ0) is 29.8. The third kappa shape index (κ3) is 11.3. The van der Waals surface area contributed by atoms with Gasteiger partial charge in [0.1, 0.15) is 0 Å². The number of nitrogens with zero attached hydrogens (tertiary/aromatic N) is 8. The van der Waals surface area contributed by atoms with Gasteiger partial charge in [0.15, 0.2) is 49.6 Å². The van der Waals surface area contributed by atoms with E-state index in [-0.39, 0.29) is 0 Å². The standard InChI is InChI=1S/2C14H14N4O3/c2*19-15-9-13-1-5-17(6-2-13)11-21-12-18-7-3-14(4-8-18)10-16-20/h2*1-10H,11-12H2/p+4. The van der Waals surface area contributed by atoms with Gasteiger partial charge in [0, 0.05) is 70.8 Å². The van der Waals surface area contributed by atoms with E-state index in [0.29, 0.717) is 26.9 Å². The average molecular weight is 577 g/mol. The van der Waals surface area contributed by atoms with E-state index in [4.69, 9.17) is 30.3 Å². The first kappa shape index (κ1) is 30.9. The maximum Gasteiger partial charge on any atom is 0.257 e. The van der Waals surface area contributed by atoms with Gasteiger partial charge in [-0.3, -0.25) is 9.47 Å². The Morgan fingerprint density at radius 1 is 0.405 bits per heavy atom. The van der Waals surface area contributed by atoms with Crippen molar-refractivity contribution in [3.8, 4) is 0 Å². The van der Waals surface area contributed by atoms with E-state index >= 15 is 0 Å². The monoisotopic (exact) mass is 576 g/mol. The van der Waals surface area contributed by atoms with Crippen LogP contribution in [-0.4, -0.2) is 45.7 Å². The van der Waals surface area contributed by atoms with Crippen molar-refractivity contribution in [3.05, 3.63) is 120 Å². The maximum absolute atomic E-state index is 8.42. The molecule has 14 heteroatoms. The first-order valence-corrected chi connectivity index (χ1v) is 12.4. The Bertz CT molecular complexity index is 1220. The molecule has 0 saturated heterocycles. The van der Waals surface area contributed by atoms with Crippen LogP contribution in [0.5, 0.6) is 0 Å². The van der Waals surface area contributed by atoms with E-state index in [9.17, 15) is 0 Å². The second kappa shape index (κ2) is 17.9. The highest BCUT2D eigenvalue weighted by Gasteiger charge is 2.05. The molecule has 0 aliphatic heterocycles. The number of hydrogen-bond acceptors (Lipinski definition) is 10. The molecule has 4 rings (SSSR count). The van der Waals surface area contributed by atoms with Crippen molar-refractivity contribution >= 4 is 24.9 Å². The molecule has 4 heterocycles. The van der Waals surface area contributed by atoms with Crippen molar-refractivity contribution in [2.24, 2.45) is 20.6 Å². The third-order valence-corrected chi connectivity index (χ3v) is 5.46. The van der Waals surface area contributed by atoms with Crippen LogP contribution in [0.1, 0.15) is 22.3 Å². The van der Waals surface area contributed by atoms with Crippen molar-refractivity contribution in [1.29, 1.82) is 0 Å². The molecule has 0 saturated carbocycles. The van der Waals surface area contributed by atoms with Crippen LogP contribution in [0.3, 0.4) is 0 Å². The van der Waals surface area contributed by atoms with Gasteiger partial charge in [0.2, 0.25) is 0 Å². The van der Waals surface area contributed by atoms with Gasteiger partial charge in [-0.15, -0.1) is 0 Å². The zero-order valence-electron chi connectivity index (χ0n) is 22.6. The number of hydrogen-bond donors (Lipinski definition) is 4. The summed E-state index contributed by atoms with van der Waals surface area (Å²) < 4.78 is 18.6. The van der Waals surface area contributed by atoms with Crippen molar-refractivity contribution in [2.75, 3.05) is 0 Å². The lowest BCUT2D eigenvalue weighted by Gasteiger charge is -1.98. The van der Waals surface area contributed by atoms with Crippen molar-refractivity contribution < 1.29 is 48.6 Å². The van der Waals surface area contributed by atoms with E-state index in [1.165, 1.54) is 24.9 Å². The van der Waals surface area contributed by atoms with Crippen LogP contribution in [-0.2, 0) is 36.4 Å². The highest BCUT2D eigenvalue weighted by molar-refractivity contribution is 5.79. The van der Waals surface area contributed by atoms with Gasteiger partial charge < -0.3 is 20.8 Å². The van der Waals surface area contributed by atoms with Gasteiger partial charge >= 0.3 is 0 Å². The van der Waals surface area contributed by atoms with E-state index in [1.54, 1.807) is 0 Å². The molecule has 42 heavy (non-hydrogen) atoms. The Morgan fingerprint density at radius 3 is 0.762 bits per heavy atom. The Morgan fingerprint density at radius 2 is 0.595 bits per heavy atom. The molecule has 0 fully saturated rings. The van der Waals surface area contributed by atoms with Gasteiger partial charge in [-0.1, -0.05) is 20.6 Å². The lowest BCUT2D eigenvalue weighted by Crippen LogP contribution is -2.40. The normalized spacial score (nSPS) is 11.4. The van der Waals surface area contributed by atoms with Gasteiger partial charge in [-0.2, -0.15) is 18.3 Å². The second-order valence-electron chi connectivity index (χ2n) is 8.49. The van der Waals surface area contributed by atoms with Crippen LogP contribution >= 0.6 is 0 Å². The van der Waals surface area contributed by atoms with Crippen LogP contribution in [0.2, 0.25) is 0 Å². The van der Waals surface area contributed by atoms with E-state index < -0.39 is 0 Å². The molecule has 4 N–H and O–H groups in total. The molecule has 14 nitrogen and oxygen atoms in total. The summed E-state index contributed by atoms with van der Waals surface area (Å²) in [7, 11) is 0. The first-order valence-electron chi connectivity index (χ1n) is 12.4. The Hall–Kier alpha value is -5.60. The Labute approximate surface area is 241 Å². The van der Waals surface area contributed by atoms with Gasteiger partial charge in [-0.25, -0.2) is 0 Å². The quantitative estimate of drug-likeness (QED) is 0.0851. The summed E-state index contributed by atoms with van der Waals surface area (Å²) in [5.41, 5.74) is 3.24. The van der Waals surface area contributed by atoms with Crippen LogP contribution in [0.15, 0.2) is 119 Å². The summed E-state index contributed by atoms with van der Waals surface area (Å²) >= 11 is 0. The molecule has 0 atom stereocenters. The third-order valence-electron chi connectivity index (χ3n) is 5.46. The van der Waals surface area contributed by atoms with Crippen LogP contribution in [0, 0.1) is 0 Å². The Balaban J connectivity index is 0.000000230. The molecule has 0 aliphatic carbocycles. The molecule has 0 aliphatic rings. The molecule has 4 aromatic heterocycles. The SMILES string of the molecule is O/N=C/c1cc[n+](COC[n+]2ccc(/C=N/O)cc2)cc1.O/N=C/c1cc[n+](COC[n+]2ccc(/C=N/O)cc2)cc1. The number of aromatic nitrogens is 4. The molecule has 0 bridgehead atoms. The van der Waals surface area contributed by atoms with Crippen molar-refractivity contribution in [2.45, 2.75) is 26.9 Å². The van der Waals surface area contributed by atoms with Crippen LogP contribution in [0.4, 0.5) is 0 Å². The van der Waals surface area contributed by atoms with Gasteiger partial charge in [0.25, 0.3) is 26.9 Å². The second-order valence-corrected chi connectivity index (χ2v) is 8.49. The summed E-state index contributed by atoms with van der Waals surface area (Å²) in [5.74, 6) is 0. The van der Waals surface area contributed by atoms with Crippen LogP contribution < -0.4 is 18.3 Å². The highest BCUT2D eigenvalue weighted by atomic mass is 16.5. The molecule has 0 unspecified atom stereocenters. The molecule has 216 valence electrons.